The Morgan fingerprint density at radius 1 is 0.920 bits per heavy atom. The molecule has 1 atom stereocenters. The maximum Gasteiger partial charge on any atom is 0.311 e. The van der Waals surface area contributed by atoms with Crippen LogP contribution in [0.4, 0.5) is 8.78 Å². The van der Waals surface area contributed by atoms with Gasteiger partial charge in [-0.05, 0) is 23.8 Å². The number of phenols is 1. The summed E-state index contributed by atoms with van der Waals surface area (Å²) >= 11 is 0. The van der Waals surface area contributed by atoms with Gasteiger partial charge >= 0.3 is 5.66 Å². The molecule has 1 aromatic heterocycles. The zero-order valence-electron chi connectivity index (χ0n) is 12.8. The molecular weight excluding hydrogens is 345 g/mol. The Morgan fingerprint density at radius 3 is 2.36 bits per heavy atom. The van der Waals surface area contributed by atoms with Crippen molar-refractivity contribution in [2.45, 2.75) is 5.66 Å². The number of phenolic OH excluding ortho intramolecular Hbond substituents is 1. The second kappa shape index (κ2) is 5.80. The maximum atomic E-state index is 14.3. The van der Waals surface area contributed by atoms with E-state index in [0.29, 0.717) is 27.5 Å². The van der Waals surface area contributed by atoms with Gasteiger partial charge in [0.25, 0.3) is 0 Å². The summed E-state index contributed by atoms with van der Waals surface area (Å²) in [5.41, 5.74) is -1.38. The lowest BCUT2D eigenvalue weighted by molar-refractivity contribution is 0.0936. The van der Waals surface area contributed by atoms with E-state index in [1.807, 2.05) is 0 Å². The first-order chi connectivity index (χ1) is 12.0. The van der Waals surface area contributed by atoms with E-state index in [1.165, 1.54) is 18.2 Å². The number of furan rings is 1. The number of fused-ring (bicyclic) bond motifs is 3. The third-order valence-corrected chi connectivity index (χ3v) is 4.73. The van der Waals surface area contributed by atoms with E-state index in [0.717, 1.165) is 5.56 Å². The number of aromatic hydroxyl groups is 1. The number of halogens is 2. The third kappa shape index (κ3) is 2.56. The Morgan fingerprint density at radius 2 is 1.64 bits per heavy atom. The number of hydrogen-bond acceptors (Lipinski definition) is 3. The van der Waals surface area contributed by atoms with Crippen LogP contribution < -0.4 is 0 Å². The number of benzene rings is 3. The van der Waals surface area contributed by atoms with E-state index in [-0.39, 0.29) is 11.3 Å². The lowest BCUT2D eigenvalue weighted by Crippen LogP contribution is -2.06. The fourth-order valence-electron chi connectivity index (χ4n) is 3.02. The van der Waals surface area contributed by atoms with Crippen LogP contribution in [0.5, 0.6) is 5.75 Å². The van der Waals surface area contributed by atoms with Crippen molar-refractivity contribution in [1.82, 2.24) is 0 Å². The zero-order valence-corrected chi connectivity index (χ0v) is 13.8. The largest absolute Gasteiger partial charge is 0.508 e. The average molecular weight is 358 g/mol. The molecule has 126 valence electrons. The molecule has 0 fully saturated rings. The molecule has 0 aliphatic carbocycles. The molecule has 3 nitrogen and oxygen atoms in total. The summed E-state index contributed by atoms with van der Waals surface area (Å²) in [4.78, 5) is 9.15. The molecule has 0 aliphatic heterocycles. The molecule has 1 heterocycles. The van der Waals surface area contributed by atoms with Gasteiger partial charge in [-0.15, -0.1) is 0 Å². The van der Waals surface area contributed by atoms with Crippen molar-refractivity contribution in [2.75, 3.05) is 0 Å². The van der Waals surface area contributed by atoms with Crippen molar-refractivity contribution in [3.8, 4) is 16.9 Å². The van der Waals surface area contributed by atoms with Crippen LogP contribution in [0.15, 0.2) is 65.1 Å². The van der Waals surface area contributed by atoms with Crippen LogP contribution in [0.25, 0.3) is 33.1 Å². The van der Waals surface area contributed by atoms with Gasteiger partial charge in [0.05, 0.1) is 8.81 Å². The van der Waals surface area contributed by atoms with Gasteiger partial charge in [-0.1, -0.05) is 42.5 Å². The van der Waals surface area contributed by atoms with Gasteiger partial charge in [0.15, 0.2) is 0 Å². The molecule has 0 aliphatic rings. The maximum absolute atomic E-state index is 14.3. The van der Waals surface area contributed by atoms with Gasteiger partial charge in [0.1, 0.15) is 16.9 Å². The van der Waals surface area contributed by atoms with Crippen LogP contribution in [-0.4, -0.2) is 10.00 Å². The highest BCUT2D eigenvalue weighted by molar-refractivity contribution is 7.32. The van der Waals surface area contributed by atoms with Gasteiger partial charge in [0.2, 0.25) is 0 Å². The Bertz CT molecular complexity index is 1070. The summed E-state index contributed by atoms with van der Waals surface area (Å²) in [6.07, 6.45) is 0. The number of alkyl halides is 2. The lowest BCUT2D eigenvalue weighted by atomic mass is 9.98. The summed E-state index contributed by atoms with van der Waals surface area (Å²) in [7, 11) is -1.54. The molecular formula is C19H13F2O3P. The van der Waals surface area contributed by atoms with E-state index in [1.54, 1.807) is 42.5 Å². The van der Waals surface area contributed by atoms with E-state index in [4.69, 9.17) is 9.31 Å². The molecule has 0 spiro atoms. The number of rotatable bonds is 3. The summed E-state index contributed by atoms with van der Waals surface area (Å²) in [5.74, 6) is 0.120. The fraction of sp³-hybridized carbons (Fsp3) is 0.0526. The van der Waals surface area contributed by atoms with Gasteiger partial charge in [-0.25, -0.2) is 0 Å². The molecule has 6 heteroatoms. The normalized spacial score (nSPS) is 12.6. The lowest BCUT2D eigenvalue weighted by Gasteiger charge is -2.15. The summed E-state index contributed by atoms with van der Waals surface area (Å²) < 4.78 is 34.5. The first kappa shape index (κ1) is 16.0. The first-order valence-electron chi connectivity index (χ1n) is 7.54. The molecule has 0 bridgehead atoms. The Balaban J connectivity index is 2.11. The second-order valence-electron chi connectivity index (χ2n) is 5.70. The topological polar surface area (TPSA) is 53.6 Å². The Labute approximate surface area is 143 Å². The average Bonchev–Trinajstić information content (AvgIpc) is 3.01. The van der Waals surface area contributed by atoms with Crippen molar-refractivity contribution in [3.63, 3.8) is 0 Å². The summed E-state index contributed by atoms with van der Waals surface area (Å²) in [5, 5.41) is 10.3. The molecule has 0 radical (unpaired) electrons. The van der Waals surface area contributed by atoms with Crippen LogP contribution in [0, 0.1) is 0 Å². The van der Waals surface area contributed by atoms with Gasteiger partial charge in [-0.2, -0.15) is 8.78 Å². The van der Waals surface area contributed by atoms with Crippen LogP contribution in [0.1, 0.15) is 5.56 Å². The highest BCUT2D eigenvalue weighted by atomic mass is 31.1. The van der Waals surface area contributed by atoms with Crippen molar-refractivity contribution < 1.29 is 23.2 Å². The molecule has 0 saturated heterocycles. The molecule has 2 N–H and O–H groups in total. The van der Waals surface area contributed by atoms with Crippen molar-refractivity contribution >= 4 is 30.7 Å². The van der Waals surface area contributed by atoms with Crippen molar-refractivity contribution in [2.24, 2.45) is 0 Å². The fourth-order valence-corrected chi connectivity index (χ4v) is 3.35. The quantitative estimate of drug-likeness (QED) is 0.469. The first-order valence-corrected chi connectivity index (χ1v) is 8.49. The van der Waals surface area contributed by atoms with Crippen LogP contribution in [-0.2, 0) is 5.66 Å². The summed E-state index contributed by atoms with van der Waals surface area (Å²) in [6, 6.07) is 16.3. The zero-order chi connectivity index (χ0) is 17.6. The van der Waals surface area contributed by atoms with Crippen LogP contribution in [0.3, 0.4) is 0 Å². The standard InChI is InChI=1S/C19H13F2O3P/c20-19(21,25-23)15-10-9-13(11-5-7-12(22)8-6-11)18-17(15)14-3-1-2-4-16(14)24-18/h1-10,22-23,25H. The predicted molar refractivity (Wildman–Crippen MR) is 95.2 cm³/mol. The minimum Gasteiger partial charge on any atom is -0.508 e. The van der Waals surface area contributed by atoms with E-state index >= 15 is 0 Å². The highest BCUT2D eigenvalue weighted by Crippen LogP contribution is 2.49. The van der Waals surface area contributed by atoms with Gasteiger partial charge < -0.3 is 14.4 Å². The van der Waals surface area contributed by atoms with Crippen molar-refractivity contribution in [3.05, 3.63) is 66.2 Å². The monoisotopic (exact) mass is 358 g/mol. The molecule has 4 rings (SSSR count). The highest BCUT2D eigenvalue weighted by Gasteiger charge is 2.35. The molecule has 3 aromatic carbocycles. The molecule has 25 heavy (non-hydrogen) atoms. The van der Waals surface area contributed by atoms with Crippen molar-refractivity contribution in [1.29, 1.82) is 0 Å². The Hall–Kier alpha value is -2.49. The number of para-hydroxylation sites is 1. The van der Waals surface area contributed by atoms with Crippen LogP contribution in [0.2, 0.25) is 0 Å². The molecule has 0 saturated carbocycles. The second-order valence-corrected chi connectivity index (χ2v) is 6.55. The SMILES string of the molecule is OPC(F)(F)c1ccc(-c2ccc(O)cc2)c2oc3ccccc3c12. The van der Waals surface area contributed by atoms with Gasteiger partial charge in [-0.3, -0.25) is 0 Å². The minimum absolute atomic E-state index is 0.120. The Kier molecular flexibility index (Phi) is 3.71. The number of hydrogen-bond donors (Lipinski definition) is 2. The molecule has 4 aromatic rings. The van der Waals surface area contributed by atoms with Gasteiger partial charge in [0, 0.05) is 21.9 Å². The van der Waals surface area contributed by atoms with E-state index < -0.39 is 14.5 Å². The van der Waals surface area contributed by atoms with Crippen LogP contribution >= 0.6 is 8.81 Å². The molecule has 0 amide bonds. The predicted octanol–water partition coefficient (Wildman–Crippen LogP) is 5.59. The minimum atomic E-state index is -3.35. The van der Waals surface area contributed by atoms with E-state index in [9.17, 15) is 13.9 Å². The third-order valence-electron chi connectivity index (χ3n) is 4.18. The smallest absolute Gasteiger partial charge is 0.311 e. The molecule has 1 unspecified atom stereocenters. The van der Waals surface area contributed by atoms with E-state index in [2.05, 4.69) is 0 Å². The summed E-state index contributed by atoms with van der Waals surface area (Å²) in [6.45, 7) is 0.